The monoisotopic (exact) mass is 260 g/mol. The first-order valence-electron chi connectivity index (χ1n) is 6.01. The number of alkyl halides is 3. The Kier molecular flexibility index (Phi) is 5.02. The summed E-state index contributed by atoms with van der Waals surface area (Å²) in [5.41, 5.74) is 7.13. The minimum Gasteiger partial charge on any atom is -0.362 e. The third-order valence-corrected chi connectivity index (χ3v) is 2.63. The number of anilines is 1. The number of para-hydroxylation sites is 1. The Morgan fingerprint density at radius 1 is 1.28 bits per heavy atom. The standard InChI is InChI=1S/C13H19F3N2/c1-3-8-18(9-13(14,15)16)12-7-5-4-6-11(12)10(2)17/h4-7,10H,3,8-9,17H2,1-2H3. The van der Waals surface area contributed by atoms with Gasteiger partial charge in [-0.25, -0.2) is 0 Å². The Morgan fingerprint density at radius 2 is 1.89 bits per heavy atom. The van der Waals surface area contributed by atoms with Crippen LogP contribution in [0.2, 0.25) is 0 Å². The van der Waals surface area contributed by atoms with E-state index in [2.05, 4.69) is 0 Å². The van der Waals surface area contributed by atoms with Gasteiger partial charge >= 0.3 is 6.18 Å². The van der Waals surface area contributed by atoms with E-state index in [0.717, 1.165) is 5.56 Å². The first kappa shape index (κ1) is 14.8. The molecule has 0 fully saturated rings. The maximum atomic E-state index is 12.6. The molecule has 1 unspecified atom stereocenters. The van der Waals surface area contributed by atoms with E-state index in [9.17, 15) is 13.2 Å². The zero-order chi connectivity index (χ0) is 13.8. The minimum absolute atomic E-state index is 0.284. The van der Waals surface area contributed by atoms with Gasteiger partial charge in [0.25, 0.3) is 0 Å². The average Bonchev–Trinajstić information content (AvgIpc) is 2.26. The number of rotatable bonds is 5. The van der Waals surface area contributed by atoms with Crippen molar-refractivity contribution in [1.29, 1.82) is 0 Å². The van der Waals surface area contributed by atoms with E-state index in [1.165, 1.54) is 4.90 Å². The van der Waals surface area contributed by atoms with E-state index < -0.39 is 12.7 Å². The normalized spacial score (nSPS) is 13.4. The number of hydrogen-bond donors (Lipinski definition) is 1. The molecule has 0 radical (unpaired) electrons. The molecule has 1 aromatic carbocycles. The van der Waals surface area contributed by atoms with Crippen LogP contribution in [0.4, 0.5) is 18.9 Å². The third kappa shape index (κ3) is 4.22. The molecular weight excluding hydrogens is 241 g/mol. The summed E-state index contributed by atoms with van der Waals surface area (Å²) in [4.78, 5) is 1.35. The van der Waals surface area contributed by atoms with Gasteiger partial charge in [-0.15, -0.1) is 0 Å². The van der Waals surface area contributed by atoms with Gasteiger partial charge in [0.15, 0.2) is 0 Å². The summed E-state index contributed by atoms with van der Waals surface area (Å²) in [6, 6.07) is 6.72. The van der Waals surface area contributed by atoms with Gasteiger partial charge in [0.05, 0.1) is 0 Å². The Hall–Kier alpha value is -1.23. The van der Waals surface area contributed by atoms with Gasteiger partial charge in [0, 0.05) is 18.3 Å². The van der Waals surface area contributed by atoms with Gasteiger partial charge in [-0.3, -0.25) is 0 Å². The van der Waals surface area contributed by atoms with E-state index >= 15 is 0 Å². The molecule has 0 amide bonds. The van der Waals surface area contributed by atoms with Gasteiger partial charge in [0.2, 0.25) is 0 Å². The van der Waals surface area contributed by atoms with Crippen molar-refractivity contribution >= 4 is 5.69 Å². The lowest BCUT2D eigenvalue weighted by atomic mass is 10.1. The minimum atomic E-state index is -4.21. The Bertz CT molecular complexity index is 375. The highest BCUT2D eigenvalue weighted by atomic mass is 19.4. The number of benzene rings is 1. The molecule has 0 aliphatic rings. The van der Waals surface area contributed by atoms with Crippen LogP contribution >= 0.6 is 0 Å². The molecule has 0 spiro atoms. The van der Waals surface area contributed by atoms with E-state index in [1.807, 2.05) is 6.92 Å². The second kappa shape index (κ2) is 6.09. The maximum absolute atomic E-state index is 12.6. The van der Waals surface area contributed by atoms with Crippen molar-refractivity contribution in [3.8, 4) is 0 Å². The average molecular weight is 260 g/mol. The Morgan fingerprint density at radius 3 is 2.39 bits per heavy atom. The smallest absolute Gasteiger partial charge is 0.362 e. The van der Waals surface area contributed by atoms with Crippen molar-refractivity contribution in [3.05, 3.63) is 29.8 Å². The molecule has 5 heteroatoms. The fourth-order valence-electron chi connectivity index (χ4n) is 1.93. The largest absolute Gasteiger partial charge is 0.405 e. The van der Waals surface area contributed by atoms with Crippen LogP contribution in [0, 0.1) is 0 Å². The summed E-state index contributed by atoms with van der Waals surface area (Å²) < 4.78 is 37.7. The quantitative estimate of drug-likeness (QED) is 0.878. The molecule has 102 valence electrons. The van der Waals surface area contributed by atoms with Crippen LogP contribution < -0.4 is 10.6 Å². The summed E-state index contributed by atoms with van der Waals surface area (Å²) in [7, 11) is 0. The zero-order valence-electron chi connectivity index (χ0n) is 10.7. The molecule has 0 saturated heterocycles. The molecule has 18 heavy (non-hydrogen) atoms. The lowest BCUT2D eigenvalue weighted by Gasteiger charge is -2.28. The topological polar surface area (TPSA) is 29.3 Å². The molecular formula is C13H19F3N2. The molecule has 0 bridgehead atoms. The fourth-order valence-corrected chi connectivity index (χ4v) is 1.93. The van der Waals surface area contributed by atoms with Gasteiger partial charge in [-0.2, -0.15) is 13.2 Å². The second-order valence-electron chi connectivity index (χ2n) is 4.38. The molecule has 2 N–H and O–H groups in total. The molecule has 0 aliphatic heterocycles. The predicted octanol–water partition coefficient (Wildman–Crippen LogP) is 3.49. The zero-order valence-corrected chi connectivity index (χ0v) is 10.7. The Balaban J connectivity index is 3.05. The van der Waals surface area contributed by atoms with E-state index in [4.69, 9.17) is 5.73 Å². The van der Waals surface area contributed by atoms with Crippen LogP contribution in [0.15, 0.2) is 24.3 Å². The molecule has 1 aromatic rings. The third-order valence-electron chi connectivity index (χ3n) is 2.63. The molecule has 1 rings (SSSR count). The van der Waals surface area contributed by atoms with Crippen LogP contribution in [0.5, 0.6) is 0 Å². The lowest BCUT2D eigenvalue weighted by molar-refractivity contribution is -0.119. The van der Waals surface area contributed by atoms with E-state index in [1.54, 1.807) is 31.2 Å². The van der Waals surface area contributed by atoms with Crippen molar-refractivity contribution in [2.75, 3.05) is 18.0 Å². The summed E-state index contributed by atoms with van der Waals surface area (Å²) in [6.45, 7) is 3.06. The molecule has 2 nitrogen and oxygen atoms in total. The van der Waals surface area contributed by atoms with Crippen LogP contribution in [-0.4, -0.2) is 19.3 Å². The van der Waals surface area contributed by atoms with Crippen molar-refractivity contribution in [3.63, 3.8) is 0 Å². The van der Waals surface area contributed by atoms with Crippen LogP contribution in [0.1, 0.15) is 31.9 Å². The molecule has 0 saturated carbocycles. The van der Waals surface area contributed by atoms with Gasteiger partial charge < -0.3 is 10.6 Å². The Labute approximate surface area is 106 Å². The summed E-state index contributed by atoms with van der Waals surface area (Å²) in [5.74, 6) is 0. The summed E-state index contributed by atoms with van der Waals surface area (Å²) >= 11 is 0. The molecule has 0 aromatic heterocycles. The predicted molar refractivity (Wildman–Crippen MR) is 67.6 cm³/mol. The first-order chi connectivity index (χ1) is 8.35. The van der Waals surface area contributed by atoms with E-state index in [-0.39, 0.29) is 6.04 Å². The summed E-state index contributed by atoms with van der Waals surface area (Å²) in [6.07, 6.45) is -3.55. The number of nitrogens with two attached hydrogens (primary N) is 1. The molecule has 0 heterocycles. The van der Waals surface area contributed by atoms with Crippen molar-refractivity contribution in [1.82, 2.24) is 0 Å². The van der Waals surface area contributed by atoms with Crippen molar-refractivity contribution in [2.24, 2.45) is 5.73 Å². The number of halogens is 3. The van der Waals surface area contributed by atoms with Gasteiger partial charge in [-0.05, 0) is 25.0 Å². The highest BCUT2D eigenvalue weighted by Crippen LogP contribution is 2.28. The highest BCUT2D eigenvalue weighted by Gasteiger charge is 2.31. The lowest BCUT2D eigenvalue weighted by Crippen LogP contribution is -2.35. The van der Waals surface area contributed by atoms with Crippen LogP contribution in [0.25, 0.3) is 0 Å². The summed E-state index contributed by atoms with van der Waals surface area (Å²) in [5, 5.41) is 0. The molecule has 0 aliphatic carbocycles. The van der Waals surface area contributed by atoms with Crippen molar-refractivity contribution in [2.45, 2.75) is 32.5 Å². The second-order valence-corrected chi connectivity index (χ2v) is 4.38. The number of hydrogen-bond acceptors (Lipinski definition) is 2. The van der Waals surface area contributed by atoms with Crippen LogP contribution in [0.3, 0.4) is 0 Å². The van der Waals surface area contributed by atoms with Gasteiger partial charge in [-0.1, -0.05) is 25.1 Å². The van der Waals surface area contributed by atoms with Crippen molar-refractivity contribution < 1.29 is 13.2 Å². The highest BCUT2D eigenvalue weighted by molar-refractivity contribution is 5.55. The maximum Gasteiger partial charge on any atom is 0.405 e. The first-order valence-corrected chi connectivity index (χ1v) is 6.01. The SMILES string of the molecule is CCCN(CC(F)(F)F)c1ccccc1C(C)N. The number of nitrogens with zero attached hydrogens (tertiary/aromatic N) is 1. The van der Waals surface area contributed by atoms with Crippen LogP contribution in [-0.2, 0) is 0 Å². The fraction of sp³-hybridized carbons (Fsp3) is 0.538. The molecule has 1 atom stereocenters. The van der Waals surface area contributed by atoms with Gasteiger partial charge in [0.1, 0.15) is 6.54 Å². The van der Waals surface area contributed by atoms with E-state index in [0.29, 0.717) is 18.7 Å².